The lowest BCUT2D eigenvalue weighted by Crippen LogP contribution is -2.20. The largest absolute Gasteiger partial charge is 0.476 e. The monoisotopic (exact) mass is 264 g/mol. The minimum atomic E-state index is -1.21. The van der Waals surface area contributed by atoms with Crippen LogP contribution in [0.1, 0.15) is 10.5 Å². The van der Waals surface area contributed by atoms with E-state index in [1.54, 1.807) is 7.05 Å². The first kappa shape index (κ1) is 12.6. The lowest BCUT2D eigenvalue weighted by atomic mass is 10.3. The van der Waals surface area contributed by atoms with E-state index in [2.05, 4.69) is 15.5 Å². The molecule has 0 aliphatic heterocycles. The zero-order valence-corrected chi connectivity index (χ0v) is 10.1. The molecule has 1 amide bonds. The fourth-order valence-corrected chi connectivity index (χ4v) is 1.54. The molecule has 0 aliphatic rings. The summed E-state index contributed by atoms with van der Waals surface area (Å²) in [5, 5.41) is 19.0. The Morgan fingerprint density at radius 1 is 1.47 bits per heavy atom. The van der Waals surface area contributed by atoms with Gasteiger partial charge in [0.25, 0.3) is 0 Å². The van der Waals surface area contributed by atoms with Crippen molar-refractivity contribution in [1.29, 1.82) is 0 Å². The van der Waals surface area contributed by atoms with Crippen LogP contribution in [-0.2, 0) is 18.4 Å². The summed E-state index contributed by atoms with van der Waals surface area (Å²) in [5.41, 5.74) is 5.84. The van der Waals surface area contributed by atoms with Gasteiger partial charge in [-0.1, -0.05) is 0 Å². The first-order chi connectivity index (χ1) is 8.95. The van der Waals surface area contributed by atoms with Crippen molar-refractivity contribution in [3.8, 4) is 0 Å². The molecule has 0 aromatic carbocycles. The molecule has 0 saturated carbocycles. The van der Waals surface area contributed by atoms with Crippen LogP contribution in [0.15, 0.2) is 18.6 Å². The van der Waals surface area contributed by atoms with Crippen molar-refractivity contribution in [2.45, 2.75) is 6.54 Å². The number of carbonyl (C=O) groups excluding carboxylic acids is 1. The minimum absolute atomic E-state index is 0.0643. The van der Waals surface area contributed by atoms with E-state index >= 15 is 0 Å². The molecule has 2 aromatic rings. The molecule has 2 rings (SSSR count). The van der Waals surface area contributed by atoms with Gasteiger partial charge in [0, 0.05) is 19.4 Å². The number of hydrogen-bond acceptors (Lipinski definition) is 5. The second kappa shape index (κ2) is 4.80. The molecule has 4 N–H and O–H groups in total. The SMILES string of the molecule is Cn1cc(NC(=O)Cn2cc(N)cn2)c(C(=O)O)n1. The van der Waals surface area contributed by atoms with E-state index in [1.807, 2.05) is 0 Å². The Kier molecular flexibility index (Phi) is 3.19. The maximum atomic E-state index is 11.7. The third-order valence-electron chi connectivity index (χ3n) is 2.26. The maximum absolute atomic E-state index is 11.7. The number of amides is 1. The predicted molar refractivity (Wildman–Crippen MR) is 65.4 cm³/mol. The topological polar surface area (TPSA) is 128 Å². The average Bonchev–Trinajstić information content (AvgIpc) is 2.85. The zero-order chi connectivity index (χ0) is 14.0. The second-order valence-electron chi connectivity index (χ2n) is 3.89. The molecule has 0 aliphatic carbocycles. The fraction of sp³-hybridized carbons (Fsp3) is 0.200. The lowest BCUT2D eigenvalue weighted by molar-refractivity contribution is -0.116. The lowest BCUT2D eigenvalue weighted by Gasteiger charge is -2.03. The van der Waals surface area contributed by atoms with Crippen molar-refractivity contribution in [1.82, 2.24) is 19.6 Å². The Balaban J connectivity index is 2.08. The van der Waals surface area contributed by atoms with Gasteiger partial charge in [0.15, 0.2) is 5.69 Å². The molecule has 0 radical (unpaired) electrons. The van der Waals surface area contributed by atoms with Gasteiger partial charge in [-0.25, -0.2) is 4.79 Å². The van der Waals surface area contributed by atoms with E-state index in [9.17, 15) is 9.59 Å². The van der Waals surface area contributed by atoms with Gasteiger partial charge in [-0.15, -0.1) is 0 Å². The molecule has 0 unspecified atom stereocenters. The molecule has 0 fully saturated rings. The Hall–Kier alpha value is -2.84. The predicted octanol–water partition coefficient (Wildman–Crippen LogP) is -0.464. The molecule has 19 heavy (non-hydrogen) atoms. The molecular formula is C10H12N6O3. The van der Waals surface area contributed by atoms with Crippen molar-refractivity contribution in [3.63, 3.8) is 0 Å². The van der Waals surface area contributed by atoms with Gasteiger partial charge in [0.2, 0.25) is 5.91 Å². The summed E-state index contributed by atoms with van der Waals surface area (Å²) in [6.07, 6.45) is 4.33. The van der Waals surface area contributed by atoms with Gasteiger partial charge in [0.05, 0.1) is 17.6 Å². The van der Waals surface area contributed by atoms with Crippen molar-refractivity contribution < 1.29 is 14.7 Å². The van der Waals surface area contributed by atoms with Gasteiger partial charge in [-0.3, -0.25) is 14.2 Å². The quantitative estimate of drug-likeness (QED) is 0.685. The number of carboxylic acid groups (broad SMARTS) is 1. The van der Waals surface area contributed by atoms with E-state index in [0.29, 0.717) is 5.69 Å². The molecule has 0 spiro atoms. The van der Waals surface area contributed by atoms with Crippen molar-refractivity contribution in [2.24, 2.45) is 7.05 Å². The standard InChI is InChI=1S/C10H12N6O3/c1-15-4-7(9(14-15)10(18)19)13-8(17)5-16-3-6(11)2-12-16/h2-4H,5,11H2,1H3,(H,13,17)(H,18,19). The van der Waals surface area contributed by atoms with Gasteiger partial charge in [0.1, 0.15) is 6.54 Å². The van der Waals surface area contributed by atoms with Crippen LogP contribution >= 0.6 is 0 Å². The molecule has 0 bridgehead atoms. The summed E-state index contributed by atoms with van der Waals surface area (Å²) >= 11 is 0. The summed E-state index contributed by atoms with van der Waals surface area (Å²) in [4.78, 5) is 22.6. The van der Waals surface area contributed by atoms with Crippen molar-refractivity contribution >= 4 is 23.3 Å². The van der Waals surface area contributed by atoms with E-state index in [-0.39, 0.29) is 17.9 Å². The van der Waals surface area contributed by atoms with Crippen molar-refractivity contribution in [3.05, 3.63) is 24.3 Å². The number of aryl methyl sites for hydroxylation is 1. The van der Waals surface area contributed by atoms with Gasteiger partial charge < -0.3 is 16.2 Å². The van der Waals surface area contributed by atoms with Crippen LogP contribution in [0.25, 0.3) is 0 Å². The van der Waals surface area contributed by atoms with E-state index in [4.69, 9.17) is 10.8 Å². The molecule has 9 heteroatoms. The fourth-order valence-electron chi connectivity index (χ4n) is 1.54. The zero-order valence-electron chi connectivity index (χ0n) is 10.1. The van der Waals surface area contributed by atoms with Crippen LogP contribution in [0.5, 0.6) is 0 Å². The number of nitrogens with one attached hydrogen (secondary N) is 1. The van der Waals surface area contributed by atoms with Gasteiger partial charge in [-0.05, 0) is 0 Å². The molecule has 9 nitrogen and oxygen atoms in total. The number of nitrogens with two attached hydrogens (primary N) is 1. The first-order valence-corrected chi connectivity index (χ1v) is 5.30. The number of carboxylic acids is 1. The van der Waals surface area contributed by atoms with E-state index in [1.165, 1.54) is 28.0 Å². The molecular weight excluding hydrogens is 252 g/mol. The van der Waals surface area contributed by atoms with E-state index in [0.717, 1.165) is 0 Å². The van der Waals surface area contributed by atoms with Crippen LogP contribution in [0, 0.1) is 0 Å². The number of carbonyl (C=O) groups is 2. The number of aromatic nitrogens is 4. The van der Waals surface area contributed by atoms with Crippen LogP contribution in [-0.4, -0.2) is 36.5 Å². The number of aromatic carboxylic acids is 1. The molecule has 0 atom stereocenters. The van der Waals surface area contributed by atoms with Crippen molar-refractivity contribution in [2.75, 3.05) is 11.1 Å². The average molecular weight is 264 g/mol. The summed E-state index contributed by atoms with van der Waals surface area (Å²) < 4.78 is 2.66. The smallest absolute Gasteiger partial charge is 0.358 e. The number of nitrogens with zero attached hydrogens (tertiary/aromatic N) is 4. The number of anilines is 2. The highest BCUT2D eigenvalue weighted by Gasteiger charge is 2.17. The number of rotatable bonds is 4. The normalized spacial score (nSPS) is 10.4. The highest BCUT2D eigenvalue weighted by molar-refractivity contribution is 5.98. The second-order valence-corrected chi connectivity index (χ2v) is 3.89. The Morgan fingerprint density at radius 2 is 2.21 bits per heavy atom. The third kappa shape index (κ3) is 2.89. The minimum Gasteiger partial charge on any atom is -0.476 e. The van der Waals surface area contributed by atoms with Crippen LogP contribution in [0.2, 0.25) is 0 Å². The van der Waals surface area contributed by atoms with Crippen LogP contribution < -0.4 is 11.1 Å². The third-order valence-corrected chi connectivity index (χ3v) is 2.26. The van der Waals surface area contributed by atoms with Gasteiger partial charge >= 0.3 is 5.97 Å². The Morgan fingerprint density at radius 3 is 2.79 bits per heavy atom. The molecule has 2 aromatic heterocycles. The Labute approximate surface area is 107 Å². The highest BCUT2D eigenvalue weighted by atomic mass is 16.4. The van der Waals surface area contributed by atoms with Crippen LogP contribution in [0.3, 0.4) is 0 Å². The Bertz CT molecular complexity index is 629. The number of nitrogen functional groups attached to an aromatic ring is 1. The first-order valence-electron chi connectivity index (χ1n) is 5.30. The van der Waals surface area contributed by atoms with Gasteiger partial charge in [-0.2, -0.15) is 10.2 Å². The molecule has 2 heterocycles. The maximum Gasteiger partial charge on any atom is 0.358 e. The molecule has 100 valence electrons. The van der Waals surface area contributed by atoms with Crippen LogP contribution in [0.4, 0.5) is 11.4 Å². The summed E-state index contributed by atoms with van der Waals surface area (Å²) in [5.74, 6) is -1.63. The number of hydrogen-bond donors (Lipinski definition) is 3. The summed E-state index contributed by atoms with van der Waals surface area (Å²) in [7, 11) is 1.57. The highest BCUT2D eigenvalue weighted by Crippen LogP contribution is 2.13. The summed E-state index contributed by atoms with van der Waals surface area (Å²) in [6, 6.07) is 0. The molecule has 0 saturated heterocycles. The van der Waals surface area contributed by atoms with E-state index < -0.39 is 11.9 Å². The summed E-state index contributed by atoms with van der Waals surface area (Å²) in [6.45, 7) is -0.0643.